The van der Waals surface area contributed by atoms with Gasteiger partial charge in [-0.25, -0.2) is 18.4 Å². The van der Waals surface area contributed by atoms with Crippen molar-refractivity contribution >= 4 is 39.2 Å². The Morgan fingerprint density at radius 2 is 2.04 bits per heavy atom. The van der Waals surface area contributed by atoms with Crippen LogP contribution in [0.15, 0.2) is 35.4 Å². The van der Waals surface area contributed by atoms with E-state index in [1.807, 2.05) is 0 Å². The number of nitrogens with two attached hydrogens (primary N) is 1. The number of amides is 1. The van der Waals surface area contributed by atoms with Crippen LogP contribution in [-0.4, -0.2) is 31.9 Å². The van der Waals surface area contributed by atoms with Crippen molar-refractivity contribution in [2.75, 3.05) is 11.9 Å². The highest BCUT2D eigenvalue weighted by Crippen LogP contribution is 2.19. The zero-order valence-electron chi connectivity index (χ0n) is 12.5. The number of carbonyl (C=O) groups excluding carboxylic acids is 2. The van der Waals surface area contributed by atoms with Gasteiger partial charge in [0.2, 0.25) is 10.0 Å². The Hall–Kier alpha value is -2.36. The number of primary sulfonamides is 1. The van der Waals surface area contributed by atoms with E-state index in [1.54, 1.807) is 6.92 Å². The third-order valence-electron chi connectivity index (χ3n) is 2.98. The predicted molar refractivity (Wildman–Crippen MR) is 87.3 cm³/mol. The third-order valence-corrected chi connectivity index (χ3v) is 4.25. The van der Waals surface area contributed by atoms with E-state index in [-0.39, 0.29) is 16.3 Å². The molecule has 10 heteroatoms. The maximum absolute atomic E-state index is 11.8. The quantitative estimate of drug-likeness (QED) is 0.684. The molecule has 4 N–H and O–H groups in total. The summed E-state index contributed by atoms with van der Waals surface area (Å²) < 4.78 is 27.7. The van der Waals surface area contributed by atoms with Crippen molar-refractivity contribution in [1.29, 1.82) is 0 Å². The zero-order valence-corrected chi connectivity index (χ0v) is 14.1. The van der Waals surface area contributed by atoms with E-state index in [0.29, 0.717) is 10.6 Å². The SMILES string of the molecule is Cc1ccc(NC(=O)COC(=O)c2cc(Cl)c[nH]2)cc1S(N)(=O)=O. The number of hydrogen-bond acceptors (Lipinski definition) is 5. The molecule has 0 fully saturated rings. The highest BCUT2D eigenvalue weighted by molar-refractivity contribution is 7.89. The Morgan fingerprint density at radius 1 is 1.33 bits per heavy atom. The summed E-state index contributed by atoms with van der Waals surface area (Å²) in [7, 11) is -3.90. The minimum atomic E-state index is -3.90. The van der Waals surface area contributed by atoms with Crippen LogP contribution in [0, 0.1) is 6.92 Å². The van der Waals surface area contributed by atoms with Gasteiger partial charge in [-0.3, -0.25) is 4.79 Å². The lowest BCUT2D eigenvalue weighted by Crippen LogP contribution is -2.21. The zero-order chi connectivity index (χ0) is 17.9. The Balaban J connectivity index is 1.99. The number of sulfonamides is 1. The van der Waals surface area contributed by atoms with Crippen molar-refractivity contribution in [3.05, 3.63) is 46.7 Å². The number of aromatic nitrogens is 1. The number of H-pyrrole nitrogens is 1. The lowest BCUT2D eigenvalue weighted by atomic mass is 10.2. The first-order valence-corrected chi connectivity index (χ1v) is 8.53. The molecule has 24 heavy (non-hydrogen) atoms. The Morgan fingerprint density at radius 3 is 2.62 bits per heavy atom. The predicted octanol–water partition coefficient (Wildman–Crippen LogP) is 1.42. The summed E-state index contributed by atoms with van der Waals surface area (Å²) in [5.41, 5.74) is 0.777. The van der Waals surface area contributed by atoms with Crippen molar-refractivity contribution in [3.8, 4) is 0 Å². The number of carbonyl (C=O) groups is 2. The monoisotopic (exact) mass is 371 g/mol. The number of hydrogen-bond donors (Lipinski definition) is 3. The van der Waals surface area contributed by atoms with E-state index < -0.39 is 28.5 Å². The largest absolute Gasteiger partial charge is 0.451 e. The highest BCUT2D eigenvalue weighted by atomic mass is 35.5. The van der Waals surface area contributed by atoms with Crippen molar-refractivity contribution in [1.82, 2.24) is 4.98 Å². The van der Waals surface area contributed by atoms with Gasteiger partial charge in [0.15, 0.2) is 6.61 Å². The van der Waals surface area contributed by atoms with Gasteiger partial charge in [-0.1, -0.05) is 17.7 Å². The van der Waals surface area contributed by atoms with Crippen LogP contribution in [0.3, 0.4) is 0 Å². The molecule has 0 atom stereocenters. The normalized spacial score (nSPS) is 11.1. The Bertz CT molecular complexity index is 892. The molecule has 2 rings (SSSR count). The summed E-state index contributed by atoms with van der Waals surface area (Å²) in [6, 6.07) is 5.60. The maximum atomic E-state index is 11.8. The number of aryl methyl sites for hydroxylation is 1. The summed E-state index contributed by atoms with van der Waals surface area (Å²) in [5.74, 6) is -1.38. The molecule has 0 radical (unpaired) electrons. The minimum Gasteiger partial charge on any atom is -0.451 e. The molecule has 0 saturated carbocycles. The number of aromatic amines is 1. The smallest absolute Gasteiger partial charge is 0.355 e. The van der Waals surface area contributed by atoms with E-state index >= 15 is 0 Å². The first-order valence-electron chi connectivity index (χ1n) is 6.61. The minimum absolute atomic E-state index is 0.0988. The number of nitrogens with one attached hydrogen (secondary N) is 2. The fraction of sp³-hybridized carbons (Fsp3) is 0.143. The lowest BCUT2D eigenvalue weighted by Gasteiger charge is -2.09. The molecule has 2 aromatic rings. The summed E-state index contributed by atoms with van der Waals surface area (Å²) in [5, 5.41) is 7.85. The molecule has 1 aromatic carbocycles. The molecular formula is C14H14ClN3O5S. The number of halogens is 1. The number of benzene rings is 1. The van der Waals surface area contributed by atoms with Crippen molar-refractivity contribution in [2.45, 2.75) is 11.8 Å². The van der Waals surface area contributed by atoms with Crippen LogP contribution in [-0.2, 0) is 19.6 Å². The van der Waals surface area contributed by atoms with E-state index in [9.17, 15) is 18.0 Å². The molecule has 0 bridgehead atoms. The van der Waals surface area contributed by atoms with Gasteiger partial charge in [-0.05, 0) is 30.7 Å². The molecule has 0 aliphatic rings. The number of ether oxygens (including phenoxy) is 1. The second-order valence-electron chi connectivity index (χ2n) is 4.88. The molecule has 1 aromatic heterocycles. The van der Waals surface area contributed by atoms with E-state index in [2.05, 4.69) is 10.3 Å². The van der Waals surface area contributed by atoms with Gasteiger partial charge >= 0.3 is 5.97 Å². The van der Waals surface area contributed by atoms with Gasteiger partial charge in [0.25, 0.3) is 5.91 Å². The molecule has 0 spiro atoms. The molecule has 128 valence electrons. The first-order chi connectivity index (χ1) is 11.2. The van der Waals surface area contributed by atoms with Crippen LogP contribution in [0.2, 0.25) is 5.02 Å². The third kappa shape index (κ3) is 4.57. The van der Waals surface area contributed by atoms with Gasteiger partial charge in [-0.15, -0.1) is 0 Å². The highest BCUT2D eigenvalue weighted by Gasteiger charge is 2.15. The Kier molecular flexibility index (Phi) is 5.27. The fourth-order valence-corrected chi connectivity index (χ4v) is 2.85. The van der Waals surface area contributed by atoms with Gasteiger partial charge in [0.05, 0.1) is 9.92 Å². The van der Waals surface area contributed by atoms with E-state index in [1.165, 1.54) is 30.5 Å². The van der Waals surface area contributed by atoms with Gasteiger partial charge < -0.3 is 15.0 Å². The summed E-state index contributed by atoms with van der Waals surface area (Å²) in [6.07, 6.45) is 1.40. The lowest BCUT2D eigenvalue weighted by molar-refractivity contribution is -0.119. The van der Waals surface area contributed by atoms with E-state index in [0.717, 1.165) is 0 Å². The summed E-state index contributed by atoms with van der Waals surface area (Å²) >= 11 is 5.66. The maximum Gasteiger partial charge on any atom is 0.355 e. The molecule has 0 saturated heterocycles. The standard InChI is InChI=1S/C14H14ClN3O5S/c1-8-2-3-10(5-12(8)24(16,21)22)18-13(19)7-23-14(20)11-4-9(15)6-17-11/h2-6,17H,7H2,1H3,(H,18,19)(H2,16,21,22). The van der Waals surface area contributed by atoms with Crippen LogP contribution in [0.5, 0.6) is 0 Å². The molecule has 0 unspecified atom stereocenters. The Labute approximate surface area is 143 Å². The van der Waals surface area contributed by atoms with Crippen LogP contribution in [0.25, 0.3) is 0 Å². The second kappa shape index (κ2) is 7.04. The fourth-order valence-electron chi connectivity index (χ4n) is 1.88. The molecule has 0 aliphatic heterocycles. The summed E-state index contributed by atoms with van der Waals surface area (Å²) in [6.45, 7) is 1.03. The van der Waals surface area contributed by atoms with Crippen LogP contribution >= 0.6 is 11.6 Å². The molecular weight excluding hydrogens is 358 g/mol. The molecule has 1 heterocycles. The van der Waals surface area contributed by atoms with Crippen LogP contribution in [0.4, 0.5) is 5.69 Å². The molecule has 1 amide bonds. The first kappa shape index (κ1) is 18.0. The molecule has 0 aliphatic carbocycles. The summed E-state index contributed by atoms with van der Waals surface area (Å²) in [4.78, 5) is 25.9. The number of rotatable bonds is 5. The average molecular weight is 372 g/mol. The van der Waals surface area contributed by atoms with Crippen molar-refractivity contribution in [3.63, 3.8) is 0 Å². The van der Waals surface area contributed by atoms with Crippen LogP contribution in [0.1, 0.15) is 16.1 Å². The molecule has 8 nitrogen and oxygen atoms in total. The van der Waals surface area contributed by atoms with Crippen molar-refractivity contribution in [2.24, 2.45) is 5.14 Å². The van der Waals surface area contributed by atoms with Crippen LogP contribution < -0.4 is 10.5 Å². The number of esters is 1. The van der Waals surface area contributed by atoms with Gasteiger partial charge in [0.1, 0.15) is 5.69 Å². The van der Waals surface area contributed by atoms with Gasteiger partial charge in [-0.2, -0.15) is 0 Å². The second-order valence-corrected chi connectivity index (χ2v) is 6.85. The topological polar surface area (TPSA) is 131 Å². The average Bonchev–Trinajstić information content (AvgIpc) is 2.92. The number of anilines is 1. The van der Waals surface area contributed by atoms with Gasteiger partial charge in [0, 0.05) is 11.9 Å². The van der Waals surface area contributed by atoms with E-state index in [4.69, 9.17) is 21.5 Å². The van der Waals surface area contributed by atoms with Crippen molar-refractivity contribution < 1.29 is 22.7 Å².